The molecule has 0 unspecified atom stereocenters. The van der Waals surface area contributed by atoms with Gasteiger partial charge in [-0.1, -0.05) is 35.0 Å². The van der Waals surface area contributed by atoms with Gasteiger partial charge in [-0.15, -0.1) is 0 Å². The number of hydrogen-bond acceptors (Lipinski definition) is 5. The number of halogens is 2. The first-order valence-corrected chi connectivity index (χ1v) is 7.01. The van der Waals surface area contributed by atoms with Crippen molar-refractivity contribution in [1.82, 2.24) is 0 Å². The van der Waals surface area contributed by atoms with Crippen molar-refractivity contribution in [1.29, 1.82) is 0 Å². The highest BCUT2D eigenvalue weighted by atomic mass is 35.5. The fourth-order valence-electron chi connectivity index (χ4n) is 1.56. The summed E-state index contributed by atoms with van der Waals surface area (Å²) >= 11 is 12.4. The van der Waals surface area contributed by atoms with Crippen LogP contribution in [0.25, 0.3) is 0 Å². The topological polar surface area (TPSA) is 86.3 Å². The minimum absolute atomic E-state index is 0.211. The Hall–Kier alpha value is -1.83. The highest BCUT2D eigenvalue weighted by Crippen LogP contribution is 2.40. The van der Waals surface area contributed by atoms with Gasteiger partial charge in [-0.3, -0.25) is 20.2 Å². The average molecular weight is 345 g/mol. The van der Waals surface area contributed by atoms with E-state index in [-0.39, 0.29) is 31.2 Å². The Morgan fingerprint density at radius 1 is 0.810 bits per heavy atom. The highest BCUT2D eigenvalue weighted by molar-refractivity contribution is 7.99. The van der Waals surface area contributed by atoms with Gasteiger partial charge < -0.3 is 0 Å². The summed E-state index contributed by atoms with van der Waals surface area (Å²) in [5, 5.41) is 22.5. The van der Waals surface area contributed by atoms with Gasteiger partial charge in [-0.05, 0) is 24.3 Å². The van der Waals surface area contributed by atoms with Crippen LogP contribution in [0.15, 0.2) is 46.2 Å². The number of benzene rings is 2. The average Bonchev–Trinajstić information content (AvgIpc) is 2.42. The van der Waals surface area contributed by atoms with Crippen molar-refractivity contribution >= 4 is 46.3 Å². The van der Waals surface area contributed by atoms with E-state index in [4.69, 9.17) is 23.2 Å². The van der Waals surface area contributed by atoms with Gasteiger partial charge in [0.05, 0.1) is 19.6 Å². The smallest absolute Gasteiger partial charge is 0.258 e. The van der Waals surface area contributed by atoms with E-state index in [2.05, 4.69) is 0 Å². The summed E-state index contributed by atoms with van der Waals surface area (Å²) in [4.78, 5) is 21.4. The lowest BCUT2D eigenvalue weighted by Crippen LogP contribution is -1.93. The summed E-state index contributed by atoms with van der Waals surface area (Å²) in [6.07, 6.45) is 0. The van der Waals surface area contributed by atoms with Crippen LogP contribution in [0, 0.1) is 20.2 Å². The standard InChI is InChI=1S/C12H6Cl2N2O4S/c13-7-1-3-11(9(5-7)15(17)18)21-12-4-2-8(14)6-10(12)16(19)20/h1-6H. The molecule has 0 amide bonds. The molecule has 2 aromatic rings. The molecule has 9 heteroatoms. The quantitative estimate of drug-likeness (QED) is 0.577. The first kappa shape index (κ1) is 15.6. The summed E-state index contributed by atoms with van der Waals surface area (Å²) in [6, 6.07) is 8.27. The largest absolute Gasteiger partial charge is 0.284 e. The van der Waals surface area contributed by atoms with Crippen LogP contribution in [0.3, 0.4) is 0 Å². The predicted octanol–water partition coefficient (Wildman–Crippen LogP) is 4.96. The van der Waals surface area contributed by atoms with Crippen LogP contribution >= 0.6 is 35.0 Å². The Morgan fingerprint density at radius 3 is 1.52 bits per heavy atom. The van der Waals surface area contributed by atoms with Crippen LogP contribution in [0.5, 0.6) is 0 Å². The van der Waals surface area contributed by atoms with Gasteiger partial charge in [-0.2, -0.15) is 0 Å². The van der Waals surface area contributed by atoms with Crippen molar-refractivity contribution in [3.8, 4) is 0 Å². The third-order valence-corrected chi connectivity index (χ3v) is 4.06. The summed E-state index contributed by atoms with van der Waals surface area (Å²) < 4.78 is 0. The zero-order valence-electron chi connectivity index (χ0n) is 10.2. The second-order valence-corrected chi connectivity index (χ2v) is 5.80. The molecule has 0 aliphatic carbocycles. The van der Waals surface area contributed by atoms with E-state index in [0.717, 1.165) is 11.8 Å². The van der Waals surface area contributed by atoms with E-state index in [0.29, 0.717) is 0 Å². The maximum Gasteiger partial charge on any atom is 0.284 e. The Bertz CT molecular complexity index is 678. The molecule has 108 valence electrons. The predicted molar refractivity (Wildman–Crippen MR) is 80.3 cm³/mol. The zero-order valence-corrected chi connectivity index (χ0v) is 12.5. The number of rotatable bonds is 4. The zero-order chi connectivity index (χ0) is 15.6. The van der Waals surface area contributed by atoms with Gasteiger partial charge in [0.15, 0.2) is 0 Å². The van der Waals surface area contributed by atoms with Gasteiger partial charge in [-0.25, -0.2) is 0 Å². The lowest BCUT2D eigenvalue weighted by atomic mass is 10.3. The first-order valence-electron chi connectivity index (χ1n) is 5.44. The number of hydrogen-bond donors (Lipinski definition) is 0. The van der Waals surface area contributed by atoms with E-state index in [1.807, 2.05) is 0 Å². The first-order chi connectivity index (χ1) is 9.88. The van der Waals surface area contributed by atoms with E-state index in [1.165, 1.54) is 36.4 Å². The second-order valence-electron chi connectivity index (χ2n) is 3.84. The van der Waals surface area contributed by atoms with Crippen molar-refractivity contribution in [2.24, 2.45) is 0 Å². The molecule has 0 heterocycles. The minimum atomic E-state index is -0.587. The molecule has 21 heavy (non-hydrogen) atoms. The molecule has 0 atom stereocenters. The Kier molecular flexibility index (Phi) is 4.66. The number of nitrogens with zero attached hydrogens (tertiary/aromatic N) is 2. The Balaban J connectivity index is 2.48. The molecule has 2 aromatic carbocycles. The molecule has 0 N–H and O–H groups in total. The molecule has 0 aliphatic heterocycles. The van der Waals surface area contributed by atoms with Crippen molar-refractivity contribution < 1.29 is 9.85 Å². The van der Waals surface area contributed by atoms with Gasteiger partial charge >= 0.3 is 0 Å². The summed E-state index contributed by atoms with van der Waals surface area (Å²) in [5.74, 6) is 0. The maximum absolute atomic E-state index is 11.0. The molecule has 0 saturated heterocycles. The lowest BCUT2D eigenvalue weighted by Gasteiger charge is -2.05. The maximum atomic E-state index is 11.0. The molecular formula is C12H6Cl2N2O4S. The molecule has 2 rings (SSSR count). The fraction of sp³-hybridized carbons (Fsp3) is 0. The van der Waals surface area contributed by atoms with Gasteiger partial charge in [0.1, 0.15) is 0 Å². The fourth-order valence-corrected chi connectivity index (χ4v) is 2.88. The van der Waals surface area contributed by atoms with E-state index >= 15 is 0 Å². The van der Waals surface area contributed by atoms with Crippen molar-refractivity contribution in [2.75, 3.05) is 0 Å². The second kappa shape index (κ2) is 6.30. The molecule has 6 nitrogen and oxygen atoms in total. The Labute approximate surface area is 133 Å². The molecule has 0 spiro atoms. The lowest BCUT2D eigenvalue weighted by molar-refractivity contribution is -0.388. The third-order valence-electron chi connectivity index (χ3n) is 2.46. The molecule has 0 saturated carbocycles. The van der Waals surface area contributed by atoms with E-state index in [9.17, 15) is 20.2 Å². The molecular weight excluding hydrogens is 339 g/mol. The van der Waals surface area contributed by atoms with Crippen LogP contribution in [-0.2, 0) is 0 Å². The minimum Gasteiger partial charge on any atom is -0.258 e. The number of nitro groups is 2. The van der Waals surface area contributed by atoms with Crippen LogP contribution in [-0.4, -0.2) is 9.85 Å². The third kappa shape index (κ3) is 3.63. The SMILES string of the molecule is O=[N+]([O-])c1cc(Cl)ccc1Sc1ccc(Cl)cc1[N+](=O)[O-]. The van der Waals surface area contributed by atoms with Crippen LogP contribution in [0.4, 0.5) is 11.4 Å². The van der Waals surface area contributed by atoms with Crippen LogP contribution in [0.2, 0.25) is 10.0 Å². The normalized spacial score (nSPS) is 10.4. The summed E-state index contributed by atoms with van der Waals surface area (Å²) in [7, 11) is 0. The Morgan fingerprint density at radius 2 is 1.19 bits per heavy atom. The van der Waals surface area contributed by atoms with E-state index < -0.39 is 9.85 Å². The molecule has 0 aliphatic rings. The molecule has 0 radical (unpaired) electrons. The van der Waals surface area contributed by atoms with Crippen molar-refractivity contribution in [3.63, 3.8) is 0 Å². The van der Waals surface area contributed by atoms with E-state index in [1.54, 1.807) is 0 Å². The molecule has 0 bridgehead atoms. The summed E-state index contributed by atoms with van der Waals surface area (Å²) in [5.41, 5.74) is -0.423. The van der Waals surface area contributed by atoms with Gasteiger partial charge in [0.2, 0.25) is 0 Å². The number of nitro benzene ring substituents is 2. The molecule has 0 aromatic heterocycles. The van der Waals surface area contributed by atoms with Gasteiger partial charge in [0, 0.05) is 22.2 Å². The van der Waals surface area contributed by atoms with Crippen LogP contribution < -0.4 is 0 Å². The van der Waals surface area contributed by atoms with Crippen LogP contribution in [0.1, 0.15) is 0 Å². The monoisotopic (exact) mass is 344 g/mol. The summed E-state index contributed by atoms with van der Waals surface area (Å²) in [6.45, 7) is 0. The van der Waals surface area contributed by atoms with Gasteiger partial charge in [0.25, 0.3) is 11.4 Å². The highest BCUT2D eigenvalue weighted by Gasteiger charge is 2.20. The molecule has 0 fully saturated rings. The van der Waals surface area contributed by atoms with Crippen molar-refractivity contribution in [2.45, 2.75) is 9.79 Å². The van der Waals surface area contributed by atoms with Crippen molar-refractivity contribution in [3.05, 3.63) is 66.7 Å².